The minimum atomic E-state index is -1.51. The van der Waals surface area contributed by atoms with Gasteiger partial charge >= 0.3 is 0 Å². The molecular weight excluding hydrogens is 380 g/mol. The highest BCUT2D eigenvalue weighted by Crippen LogP contribution is 2.39. The summed E-state index contributed by atoms with van der Waals surface area (Å²) in [5.41, 5.74) is 1.27. The molecule has 0 N–H and O–H groups in total. The Morgan fingerprint density at radius 1 is 1.10 bits per heavy atom. The molecule has 1 aromatic carbocycles. The van der Waals surface area contributed by atoms with Crippen molar-refractivity contribution in [1.29, 1.82) is 0 Å². The third-order valence-electron chi connectivity index (χ3n) is 3.88. The number of benzene rings is 1. The molecule has 112 valence electrons. The molecule has 0 saturated carbocycles. The van der Waals surface area contributed by atoms with Gasteiger partial charge in [-0.15, -0.1) is 0 Å². The van der Waals surface area contributed by atoms with Crippen molar-refractivity contribution < 1.29 is 0 Å². The van der Waals surface area contributed by atoms with E-state index in [2.05, 4.69) is 73.4 Å². The summed E-state index contributed by atoms with van der Waals surface area (Å²) in [6.07, 6.45) is 0.842. The van der Waals surface area contributed by atoms with Crippen LogP contribution < -0.4 is 0 Å². The molecule has 0 aliphatic rings. The van der Waals surface area contributed by atoms with Crippen molar-refractivity contribution in [2.45, 2.75) is 49.7 Å². The molecular formula is C15H25BrS2Si2. The van der Waals surface area contributed by atoms with Crippen LogP contribution in [0.2, 0.25) is 39.3 Å². The molecule has 20 heavy (non-hydrogen) atoms. The minimum Gasteiger partial charge on any atom is -0.174 e. The molecule has 5 heteroatoms. The normalized spacial score (nSPS) is 13.4. The van der Waals surface area contributed by atoms with Crippen LogP contribution in [0.1, 0.15) is 5.56 Å². The van der Waals surface area contributed by atoms with Crippen molar-refractivity contribution in [2.75, 3.05) is 0 Å². The number of halogens is 1. The van der Waals surface area contributed by atoms with Crippen LogP contribution in [0, 0.1) is 0 Å². The highest BCUT2D eigenvalue weighted by Gasteiger charge is 2.52. The first-order valence-corrected chi connectivity index (χ1v) is 15.5. The van der Waals surface area contributed by atoms with E-state index in [9.17, 15) is 0 Å². The number of hydrogen-bond acceptors (Lipinski definition) is 2. The van der Waals surface area contributed by atoms with Crippen molar-refractivity contribution in [1.82, 2.24) is 0 Å². The summed E-state index contributed by atoms with van der Waals surface area (Å²) < 4.78 is 1.11. The Kier molecular flexibility index (Phi) is 5.93. The maximum atomic E-state index is 5.90. The summed E-state index contributed by atoms with van der Waals surface area (Å²) in [5.74, 6) is 0. The van der Waals surface area contributed by atoms with E-state index in [1.165, 1.54) is 5.56 Å². The van der Waals surface area contributed by atoms with Crippen molar-refractivity contribution in [3.63, 3.8) is 0 Å². The SMILES string of the molecule is C[Si](C)(C)C(S)(C(=S)Cc1ccccc1Br)[Si](C)(C)C. The van der Waals surface area contributed by atoms with Gasteiger partial charge in [0.1, 0.15) is 0 Å². The summed E-state index contributed by atoms with van der Waals surface area (Å²) >= 11 is 14.7. The summed E-state index contributed by atoms with van der Waals surface area (Å²) in [5, 5.41) is 0. The highest BCUT2D eigenvalue weighted by atomic mass is 79.9. The molecule has 0 spiro atoms. The van der Waals surface area contributed by atoms with Crippen LogP contribution in [-0.2, 0) is 6.42 Å². The third-order valence-corrected chi connectivity index (χ3v) is 19.4. The topological polar surface area (TPSA) is 0 Å². The molecule has 0 amide bonds. The molecule has 1 rings (SSSR count). The maximum Gasteiger partial charge on any atom is 0.0649 e. The van der Waals surface area contributed by atoms with Gasteiger partial charge in [-0.25, -0.2) is 0 Å². The van der Waals surface area contributed by atoms with Crippen LogP contribution in [0.4, 0.5) is 0 Å². The van der Waals surface area contributed by atoms with Gasteiger partial charge in [0.05, 0.1) is 16.1 Å². The average molecular weight is 406 g/mol. The fourth-order valence-electron chi connectivity index (χ4n) is 2.90. The van der Waals surface area contributed by atoms with E-state index in [1.54, 1.807) is 0 Å². The van der Waals surface area contributed by atoms with Crippen LogP contribution in [0.3, 0.4) is 0 Å². The van der Waals surface area contributed by atoms with Gasteiger partial charge in [0.25, 0.3) is 0 Å². The monoisotopic (exact) mass is 404 g/mol. The Labute approximate surface area is 145 Å². The molecule has 0 atom stereocenters. The van der Waals surface area contributed by atoms with Crippen LogP contribution in [0.25, 0.3) is 0 Å². The Morgan fingerprint density at radius 3 is 1.95 bits per heavy atom. The lowest BCUT2D eigenvalue weighted by molar-refractivity contribution is 1.23. The smallest absolute Gasteiger partial charge is 0.0649 e. The summed E-state index contributed by atoms with van der Waals surface area (Å²) in [7, 11) is -3.02. The molecule has 0 bridgehead atoms. The molecule has 0 unspecified atom stereocenters. The Bertz CT molecular complexity index is 487. The predicted molar refractivity (Wildman–Crippen MR) is 109 cm³/mol. The zero-order valence-corrected chi connectivity index (χ0v) is 18.5. The van der Waals surface area contributed by atoms with Crippen LogP contribution in [0.15, 0.2) is 28.7 Å². The number of rotatable bonds is 5. The van der Waals surface area contributed by atoms with E-state index in [0.29, 0.717) is 0 Å². The van der Waals surface area contributed by atoms with Gasteiger partial charge in [-0.05, 0) is 11.6 Å². The predicted octanol–water partition coefficient (Wildman–Crippen LogP) is 5.78. The minimum absolute atomic E-state index is 0.0371. The molecule has 0 radical (unpaired) electrons. The zero-order valence-electron chi connectivity index (χ0n) is 13.2. The molecule has 1 aromatic rings. The van der Waals surface area contributed by atoms with E-state index in [-0.39, 0.29) is 3.99 Å². The third kappa shape index (κ3) is 3.66. The van der Waals surface area contributed by atoms with E-state index < -0.39 is 16.1 Å². The van der Waals surface area contributed by atoms with Gasteiger partial charge in [-0.3, -0.25) is 0 Å². The Balaban J connectivity index is 3.19. The molecule has 0 aliphatic carbocycles. The molecule has 0 aliphatic heterocycles. The van der Waals surface area contributed by atoms with E-state index >= 15 is 0 Å². The van der Waals surface area contributed by atoms with E-state index in [1.807, 2.05) is 6.07 Å². The Hall–Kier alpha value is 0.574. The van der Waals surface area contributed by atoms with Gasteiger partial charge in [0.15, 0.2) is 0 Å². The van der Waals surface area contributed by atoms with E-state index in [0.717, 1.165) is 15.8 Å². The summed E-state index contributed by atoms with van der Waals surface area (Å²) in [6.45, 7) is 14.4. The maximum absolute atomic E-state index is 5.90. The quantitative estimate of drug-likeness (QED) is 0.368. The van der Waals surface area contributed by atoms with Gasteiger partial charge in [-0.2, -0.15) is 12.6 Å². The second-order valence-corrected chi connectivity index (χ2v) is 21.3. The lowest BCUT2D eigenvalue weighted by Gasteiger charge is -2.49. The van der Waals surface area contributed by atoms with Crippen LogP contribution in [-0.4, -0.2) is 25.0 Å². The van der Waals surface area contributed by atoms with Gasteiger partial charge < -0.3 is 0 Å². The van der Waals surface area contributed by atoms with Crippen LogP contribution in [0.5, 0.6) is 0 Å². The van der Waals surface area contributed by atoms with Gasteiger partial charge in [0, 0.05) is 19.8 Å². The molecule has 0 nitrogen and oxygen atoms in total. The molecule has 0 saturated heterocycles. The fraction of sp³-hybridized carbons (Fsp3) is 0.533. The van der Waals surface area contributed by atoms with Crippen molar-refractivity contribution in [2.24, 2.45) is 0 Å². The Morgan fingerprint density at radius 2 is 1.55 bits per heavy atom. The molecule has 0 fully saturated rings. The first-order chi connectivity index (χ1) is 8.91. The van der Waals surface area contributed by atoms with Crippen molar-refractivity contribution in [3.8, 4) is 0 Å². The highest BCUT2D eigenvalue weighted by molar-refractivity contribution is 9.10. The van der Waals surface area contributed by atoms with Gasteiger partial charge in [0.2, 0.25) is 0 Å². The van der Waals surface area contributed by atoms with E-state index in [4.69, 9.17) is 24.8 Å². The second kappa shape index (κ2) is 6.36. The van der Waals surface area contributed by atoms with Crippen molar-refractivity contribution in [3.05, 3.63) is 34.3 Å². The number of hydrogen-bond donors (Lipinski definition) is 1. The van der Waals surface area contributed by atoms with Gasteiger partial charge in [-0.1, -0.05) is 85.6 Å². The average Bonchev–Trinajstić information content (AvgIpc) is 2.28. The zero-order chi connectivity index (χ0) is 15.8. The lowest BCUT2D eigenvalue weighted by Crippen LogP contribution is -2.67. The fourth-order valence-corrected chi connectivity index (χ4v) is 16.3. The first-order valence-electron chi connectivity index (χ1n) is 6.90. The molecule has 0 heterocycles. The van der Waals surface area contributed by atoms with Crippen LogP contribution >= 0.6 is 40.8 Å². The molecule has 0 aromatic heterocycles. The largest absolute Gasteiger partial charge is 0.174 e. The number of thiocarbonyl (C=S) groups is 1. The summed E-state index contributed by atoms with van der Waals surface area (Å²) in [6, 6.07) is 8.35. The standard InChI is InChI=1S/C15H25BrS2Si2/c1-19(2,3)15(18,20(4,5)6)14(17)11-12-9-7-8-10-13(12)16/h7-10,18H,11H2,1-6H3. The first kappa shape index (κ1) is 18.6. The summed E-state index contributed by atoms with van der Waals surface area (Å²) in [4.78, 5) is 1.13. The lowest BCUT2D eigenvalue weighted by atomic mass is 10.1. The second-order valence-electron chi connectivity index (χ2n) is 7.40. The van der Waals surface area contributed by atoms with Crippen molar-refractivity contribution >= 4 is 61.8 Å². The number of thiol groups is 1.